The minimum Gasteiger partial charge on any atom is -0.497 e. The quantitative estimate of drug-likeness (QED) is 0.481. The average molecular weight is 470 g/mol. The number of anilines is 1. The Kier molecular flexibility index (Phi) is 5.97. The van der Waals surface area contributed by atoms with E-state index in [9.17, 15) is 9.59 Å². The van der Waals surface area contributed by atoms with Crippen molar-refractivity contribution in [3.8, 4) is 16.9 Å². The summed E-state index contributed by atoms with van der Waals surface area (Å²) in [6, 6.07) is 20.3. The second-order valence-corrected chi connectivity index (χ2v) is 9.57. The standard InChI is InChI=1S/C29H31N3O3/c1-19-5-8-22(28(33)30(2)24-10-11-24)16-26(19)21-9-14-27-23(15-21)18-32(29(34)31(27)3)17-20-6-12-25(35-4)13-7-20/h5-9,12-16,24H,10-11,17-18H2,1-4H3. The maximum Gasteiger partial charge on any atom is 0.324 e. The fraction of sp³-hybridized carbons (Fsp3) is 0.310. The monoisotopic (exact) mass is 469 g/mol. The van der Waals surface area contributed by atoms with E-state index in [4.69, 9.17) is 4.74 Å². The molecule has 0 spiro atoms. The molecule has 0 bridgehead atoms. The van der Waals surface area contributed by atoms with E-state index < -0.39 is 0 Å². The lowest BCUT2D eigenvalue weighted by molar-refractivity contribution is 0.0785. The fourth-order valence-electron chi connectivity index (χ4n) is 4.77. The van der Waals surface area contributed by atoms with Gasteiger partial charge in [-0.3, -0.25) is 9.69 Å². The molecule has 180 valence electrons. The zero-order valence-electron chi connectivity index (χ0n) is 20.7. The van der Waals surface area contributed by atoms with E-state index in [-0.39, 0.29) is 11.9 Å². The molecule has 0 radical (unpaired) electrons. The maximum atomic E-state index is 13.1. The smallest absolute Gasteiger partial charge is 0.324 e. The summed E-state index contributed by atoms with van der Waals surface area (Å²) in [5.74, 6) is 0.868. The van der Waals surface area contributed by atoms with Crippen LogP contribution in [-0.2, 0) is 13.1 Å². The van der Waals surface area contributed by atoms with Crippen molar-refractivity contribution in [2.45, 2.75) is 38.9 Å². The SMILES string of the molecule is COc1ccc(CN2Cc3cc(-c4cc(C(=O)N(C)C5CC5)ccc4C)ccc3N(C)C2=O)cc1. The molecule has 1 aliphatic heterocycles. The van der Waals surface area contributed by atoms with E-state index in [1.165, 1.54) is 0 Å². The number of aryl methyl sites for hydroxylation is 1. The molecule has 3 aromatic rings. The molecule has 1 saturated carbocycles. The van der Waals surface area contributed by atoms with Crippen molar-refractivity contribution >= 4 is 17.6 Å². The molecule has 6 nitrogen and oxygen atoms in total. The summed E-state index contributed by atoms with van der Waals surface area (Å²) < 4.78 is 5.25. The van der Waals surface area contributed by atoms with Gasteiger partial charge in [0.15, 0.2) is 0 Å². The molecule has 0 N–H and O–H groups in total. The van der Waals surface area contributed by atoms with Crippen molar-refractivity contribution in [2.75, 3.05) is 26.1 Å². The van der Waals surface area contributed by atoms with E-state index in [2.05, 4.69) is 13.0 Å². The van der Waals surface area contributed by atoms with Crippen LogP contribution in [0.25, 0.3) is 11.1 Å². The van der Waals surface area contributed by atoms with Crippen molar-refractivity contribution in [1.82, 2.24) is 9.80 Å². The fourth-order valence-corrected chi connectivity index (χ4v) is 4.77. The van der Waals surface area contributed by atoms with E-state index >= 15 is 0 Å². The highest BCUT2D eigenvalue weighted by Gasteiger charge is 2.31. The van der Waals surface area contributed by atoms with Crippen LogP contribution in [0.5, 0.6) is 5.75 Å². The van der Waals surface area contributed by atoms with Crippen LogP contribution in [0.4, 0.5) is 10.5 Å². The van der Waals surface area contributed by atoms with Gasteiger partial charge in [0, 0.05) is 38.8 Å². The van der Waals surface area contributed by atoms with Crippen LogP contribution in [0.3, 0.4) is 0 Å². The Bertz CT molecular complexity index is 1280. The minimum atomic E-state index is -0.0204. The summed E-state index contributed by atoms with van der Waals surface area (Å²) in [5.41, 5.74) is 6.99. The highest BCUT2D eigenvalue weighted by Crippen LogP contribution is 2.35. The first-order chi connectivity index (χ1) is 16.9. The van der Waals surface area contributed by atoms with Crippen LogP contribution < -0.4 is 9.64 Å². The lowest BCUT2D eigenvalue weighted by Crippen LogP contribution is -2.44. The Morgan fingerprint density at radius 3 is 2.49 bits per heavy atom. The number of methoxy groups -OCH3 is 1. The first kappa shape index (κ1) is 23.0. The Hall–Kier alpha value is -3.80. The molecular weight excluding hydrogens is 438 g/mol. The number of urea groups is 1. The molecule has 3 amide bonds. The van der Waals surface area contributed by atoms with Crippen LogP contribution in [0.2, 0.25) is 0 Å². The van der Waals surface area contributed by atoms with Gasteiger partial charge >= 0.3 is 6.03 Å². The van der Waals surface area contributed by atoms with Gasteiger partial charge in [-0.1, -0.05) is 24.3 Å². The maximum absolute atomic E-state index is 13.1. The largest absolute Gasteiger partial charge is 0.497 e. The normalized spacial score (nSPS) is 15.1. The van der Waals surface area contributed by atoms with Gasteiger partial charge in [0.25, 0.3) is 5.91 Å². The van der Waals surface area contributed by atoms with Gasteiger partial charge in [-0.2, -0.15) is 0 Å². The minimum absolute atomic E-state index is 0.0204. The highest BCUT2D eigenvalue weighted by molar-refractivity contribution is 5.97. The van der Waals surface area contributed by atoms with Gasteiger partial charge in [-0.05, 0) is 84.0 Å². The molecule has 1 heterocycles. The Labute approximate surface area is 206 Å². The van der Waals surface area contributed by atoms with E-state index in [1.807, 2.05) is 78.5 Å². The number of ether oxygens (including phenoxy) is 1. The topological polar surface area (TPSA) is 53.1 Å². The number of fused-ring (bicyclic) bond motifs is 1. The Morgan fingerprint density at radius 1 is 1.06 bits per heavy atom. The third-order valence-corrected chi connectivity index (χ3v) is 7.10. The predicted molar refractivity (Wildman–Crippen MR) is 138 cm³/mol. The molecule has 6 heteroatoms. The van der Waals surface area contributed by atoms with Crippen molar-refractivity contribution in [3.05, 3.63) is 82.9 Å². The van der Waals surface area contributed by atoms with Crippen LogP contribution in [0.15, 0.2) is 60.7 Å². The van der Waals surface area contributed by atoms with Gasteiger partial charge in [-0.15, -0.1) is 0 Å². The number of nitrogens with zero attached hydrogens (tertiary/aromatic N) is 3. The zero-order valence-corrected chi connectivity index (χ0v) is 20.7. The molecule has 2 aliphatic rings. The summed E-state index contributed by atoms with van der Waals surface area (Å²) in [6.07, 6.45) is 2.18. The molecular formula is C29H31N3O3. The number of amides is 3. The number of carbonyl (C=O) groups is 2. The van der Waals surface area contributed by atoms with Crippen molar-refractivity contribution in [3.63, 3.8) is 0 Å². The summed E-state index contributed by atoms with van der Waals surface area (Å²) in [5, 5.41) is 0. The van der Waals surface area contributed by atoms with Crippen LogP contribution in [0.1, 0.15) is 39.9 Å². The molecule has 0 aromatic heterocycles. The molecule has 5 rings (SSSR count). The van der Waals surface area contributed by atoms with Crippen LogP contribution in [0, 0.1) is 6.92 Å². The van der Waals surface area contributed by atoms with Crippen LogP contribution >= 0.6 is 0 Å². The second-order valence-electron chi connectivity index (χ2n) is 9.57. The Morgan fingerprint density at radius 2 is 1.80 bits per heavy atom. The highest BCUT2D eigenvalue weighted by atomic mass is 16.5. The lowest BCUT2D eigenvalue weighted by Gasteiger charge is -2.35. The predicted octanol–water partition coefficient (Wildman–Crippen LogP) is 5.48. The van der Waals surface area contributed by atoms with Crippen LogP contribution in [-0.4, -0.2) is 49.0 Å². The molecule has 1 aliphatic carbocycles. The van der Waals surface area contributed by atoms with E-state index in [0.717, 1.165) is 52.1 Å². The van der Waals surface area contributed by atoms with Gasteiger partial charge in [0.2, 0.25) is 0 Å². The number of carbonyl (C=O) groups excluding carboxylic acids is 2. The summed E-state index contributed by atoms with van der Waals surface area (Å²) in [7, 11) is 5.35. The first-order valence-corrected chi connectivity index (χ1v) is 12.0. The molecule has 0 unspecified atom stereocenters. The number of benzene rings is 3. The third-order valence-electron chi connectivity index (χ3n) is 7.10. The number of hydrogen-bond acceptors (Lipinski definition) is 3. The lowest BCUT2D eigenvalue weighted by atomic mass is 9.95. The first-order valence-electron chi connectivity index (χ1n) is 12.0. The number of rotatable bonds is 6. The van der Waals surface area contributed by atoms with Gasteiger partial charge < -0.3 is 14.5 Å². The van der Waals surface area contributed by atoms with Crippen molar-refractivity contribution < 1.29 is 14.3 Å². The summed E-state index contributed by atoms with van der Waals surface area (Å²) in [4.78, 5) is 31.4. The van der Waals surface area contributed by atoms with Gasteiger partial charge in [0.05, 0.1) is 12.8 Å². The average Bonchev–Trinajstić information content (AvgIpc) is 3.72. The number of hydrogen-bond donors (Lipinski definition) is 0. The molecule has 0 atom stereocenters. The zero-order chi connectivity index (χ0) is 24.7. The molecule has 35 heavy (non-hydrogen) atoms. The second kappa shape index (κ2) is 9.10. The van der Waals surface area contributed by atoms with Gasteiger partial charge in [-0.25, -0.2) is 4.79 Å². The van der Waals surface area contributed by atoms with Crippen molar-refractivity contribution in [2.24, 2.45) is 0 Å². The molecule has 1 fully saturated rings. The summed E-state index contributed by atoms with van der Waals surface area (Å²) >= 11 is 0. The van der Waals surface area contributed by atoms with Gasteiger partial charge in [0.1, 0.15) is 5.75 Å². The van der Waals surface area contributed by atoms with Crippen molar-refractivity contribution in [1.29, 1.82) is 0 Å². The Balaban J connectivity index is 1.43. The summed E-state index contributed by atoms with van der Waals surface area (Å²) in [6.45, 7) is 3.12. The third kappa shape index (κ3) is 4.48. The van der Waals surface area contributed by atoms with E-state index in [0.29, 0.717) is 24.7 Å². The molecule has 0 saturated heterocycles. The van der Waals surface area contributed by atoms with E-state index in [1.54, 1.807) is 12.0 Å². The molecule has 3 aromatic carbocycles.